The van der Waals surface area contributed by atoms with E-state index in [1.54, 1.807) is 29.1 Å². The van der Waals surface area contributed by atoms with Gasteiger partial charge in [-0.15, -0.1) is 16.4 Å². The van der Waals surface area contributed by atoms with Gasteiger partial charge >= 0.3 is 6.18 Å². The minimum Gasteiger partial charge on any atom is -0.479 e. The van der Waals surface area contributed by atoms with E-state index in [9.17, 15) is 18.0 Å². The Bertz CT molecular complexity index is 1720. The minimum absolute atomic E-state index is 0.00340. The standard InChI is InChI=1S/C31H37F4N7O4S/c1-5-16-10-22(25(32)23(6-2)41(16)3)37-21-9-7-8-18-19(11-31(33,34)35)27(47-26(18)21)28-38-24(46-40-28)12-36-29(43)20-13-42(17-14-45-15-17)39-30(20)44-4/h7-9,13,16-17,22-23,25,37H,5-6,10-12,14-15H2,1-4H3,(H,36,43). The van der Waals surface area contributed by atoms with Crippen LogP contribution in [0.3, 0.4) is 0 Å². The van der Waals surface area contributed by atoms with Gasteiger partial charge in [-0.2, -0.15) is 18.2 Å². The first-order valence-electron chi connectivity index (χ1n) is 15.6. The number of amides is 1. The van der Waals surface area contributed by atoms with Crippen molar-refractivity contribution in [2.45, 2.75) is 82.6 Å². The predicted molar refractivity (Wildman–Crippen MR) is 168 cm³/mol. The molecule has 2 aliphatic rings. The molecule has 1 aromatic carbocycles. The monoisotopic (exact) mass is 679 g/mol. The molecule has 0 aliphatic carbocycles. The molecule has 16 heteroatoms. The van der Waals surface area contributed by atoms with Gasteiger partial charge in [0.05, 0.1) is 60.6 Å². The Balaban J connectivity index is 1.26. The van der Waals surface area contributed by atoms with Crippen LogP contribution in [-0.4, -0.2) is 88.6 Å². The lowest BCUT2D eigenvalue weighted by atomic mass is 9.87. The highest BCUT2D eigenvalue weighted by molar-refractivity contribution is 7.23. The molecule has 2 fully saturated rings. The average Bonchev–Trinajstić information content (AvgIpc) is 3.74. The van der Waals surface area contributed by atoms with E-state index in [4.69, 9.17) is 14.0 Å². The molecule has 2 saturated heterocycles. The van der Waals surface area contributed by atoms with Crippen molar-refractivity contribution in [3.8, 4) is 16.6 Å². The number of benzene rings is 1. The highest BCUT2D eigenvalue weighted by Crippen LogP contribution is 2.44. The fourth-order valence-electron chi connectivity index (χ4n) is 6.41. The topological polar surface area (TPSA) is 120 Å². The summed E-state index contributed by atoms with van der Waals surface area (Å²) in [7, 11) is 3.35. The van der Waals surface area contributed by atoms with Crippen molar-refractivity contribution in [1.29, 1.82) is 0 Å². The van der Waals surface area contributed by atoms with Crippen LogP contribution >= 0.6 is 11.3 Å². The number of carbonyl (C=O) groups excluding carboxylic acids is 1. The molecule has 5 heterocycles. The normalized spacial score (nSPS) is 22.4. The molecule has 0 saturated carbocycles. The summed E-state index contributed by atoms with van der Waals surface area (Å²) in [4.78, 5) is 19.6. The molecule has 4 aromatic rings. The van der Waals surface area contributed by atoms with Crippen molar-refractivity contribution in [1.82, 2.24) is 30.1 Å². The molecule has 2 aliphatic heterocycles. The number of aromatic nitrogens is 4. The molecule has 11 nitrogen and oxygen atoms in total. The maximum atomic E-state index is 15.7. The second-order valence-corrected chi connectivity index (χ2v) is 13.0. The second kappa shape index (κ2) is 13.4. The number of anilines is 1. The van der Waals surface area contributed by atoms with Gasteiger partial charge in [-0.1, -0.05) is 31.1 Å². The van der Waals surface area contributed by atoms with Gasteiger partial charge in [0.1, 0.15) is 11.7 Å². The maximum Gasteiger partial charge on any atom is 0.393 e. The summed E-state index contributed by atoms with van der Waals surface area (Å²) in [6.07, 6.45) is -3.25. The summed E-state index contributed by atoms with van der Waals surface area (Å²) in [6, 6.07) is 4.47. The third-order valence-electron chi connectivity index (χ3n) is 9.01. The lowest BCUT2D eigenvalue weighted by Gasteiger charge is -2.45. The van der Waals surface area contributed by atoms with Crippen LogP contribution in [0.2, 0.25) is 0 Å². The molecular weight excluding hydrogens is 642 g/mol. The molecule has 6 rings (SSSR count). The first-order chi connectivity index (χ1) is 22.5. The third-order valence-corrected chi connectivity index (χ3v) is 10.3. The van der Waals surface area contributed by atoms with Crippen molar-refractivity contribution in [2.75, 3.05) is 32.7 Å². The highest BCUT2D eigenvalue weighted by atomic mass is 32.1. The Labute approximate surface area is 272 Å². The van der Waals surface area contributed by atoms with Crippen LogP contribution in [0.5, 0.6) is 5.88 Å². The second-order valence-electron chi connectivity index (χ2n) is 11.9. The SMILES string of the molecule is CCC1CC(Nc2cccc3c(CC(F)(F)F)c(-c4noc(CNC(=O)c5cn(C6COC6)nc5OC)n4)sc23)C(F)C(CC)N1C. The van der Waals surface area contributed by atoms with E-state index < -0.39 is 30.7 Å². The van der Waals surface area contributed by atoms with Crippen LogP contribution < -0.4 is 15.4 Å². The van der Waals surface area contributed by atoms with Gasteiger partial charge in [0.2, 0.25) is 17.6 Å². The van der Waals surface area contributed by atoms with E-state index in [1.165, 1.54) is 7.11 Å². The summed E-state index contributed by atoms with van der Waals surface area (Å²) in [6.45, 7) is 4.81. The molecule has 47 heavy (non-hydrogen) atoms. The summed E-state index contributed by atoms with van der Waals surface area (Å²) >= 11 is 1.09. The number of carbonyl (C=O) groups is 1. The third kappa shape index (κ3) is 6.67. The summed E-state index contributed by atoms with van der Waals surface area (Å²) in [5.41, 5.74) is 0.766. The lowest BCUT2D eigenvalue weighted by molar-refractivity contribution is -0.126. The number of ether oxygens (including phenoxy) is 2. The van der Waals surface area contributed by atoms with E-state index >= 15 is 4.39 Å². The zero-order valence-corrected chi connectivity index (χ0v) is 27.3. The number of likely N-dealkylation sites (tertiary alicyclic amines) is 1. The number of thiophene rings is 1. The van der Waals surface area contributed by atoms with E-state index in [1.807, 2.05) is 14.0 Å². The Morgan fingerprint density at radius 2 is 2.00 bits per heavy atom. The molecule has 1 amide bonds. The molecule has 0 radical (unpaired) electrons. The van der Waals surface area contributed by atoms with Crippen molar-refractivity contribution in [3.63, 3.8) is 0 Å². The fourth-order valence-corrected chi connectivity index (χ4v) is 7.64. The molecule has 0 bridgehead atoms. The largest absolute Gasteiger partial charge is 0.479 e. The van der Waals surface area contributed by atoms with Crippen molar-refractivity contribution >= 4 is 33.0 Å². The van der Waals surface area contributed by atoms with Crippen LogP contribution in [0.25, 0.3) is 20.8 Å². The van der Waals surface area contributed by atoms with Crippen molar-refractivity contribution < 1.29 is 36.4 Å². The highest BCUT2D eigenvalue weighted by Gasteiger charge is 2.41. The number of methoxy groups -OCH3 is 1. The number of fused-ring (bicyclic) bond motifs is 1. The Kier molecular flexibility index (Phi) is 9.45. The van der Waals surface area contributed by atoms with Gasteiger partial charge in [0.15, 0.2) is 0 Å². The quantitative estimate of drug-likeness (QED) is 0.190. The number of hydrogen-bond acceptors (Lipinski definition) is 10. The number of hydrogen-bond donors (Lipinski definition) is 2. The first-order valence-corrected chi connectivity index (χ1v) is 16.4. The van der Waals surface area contributed by atoms with E-state index in [2.05, 4.69) is 37.7 Å². The number of alkyl halides is 4. The maximum absolute atomic E-state index is 15.7. The number of halogens is 4. The summed E-state index contributed by atoms with van der Waals surface area (Å²) in [5.74, 6) is -0.388. The average molecular weight is 680 g/mol. The van der Waals surface area contributed by atoms with Gasteiger partial charge in [0, 0.05) is 18.3 Å². The summed E-state index contributed by atoms with van der Waals surface area (Å²) < 4.78 is 75.3. The zero-order chi connectivity index (χ0) is 33.5. The molecule has 0 spiro atoms. The Morgan fingerprint density at radius 1 is 1.21 bits per heavy atom. The van der Waals surface area contributed by atoms with Crippen molar-refractivity contribution in [3.05, 3.63) is 41.4 Å². The molecule has 2 N–H and O–H groups in total. The molecule has 4 unspecified atom stereocenters. The van der Waals surface area contributed by atoms with Crippen LogP contribution in [-0.2, 0) is 17.7 Å². The smallest absolute Gasteiger partial charge is 0.393 e. The number of rotatable bonds is 11. The number of piperidine rings is 1. The van der Waals surface area contributed by atoms with Crippen LogP contribution in [0.15, 0.2) is 28.9 Å². The number of nitrogens with one attached hydrogen (secondary N) is 2. The molecule has 3 aromatic heterocycles. The predicted octanol–water partition coefficient (Wildman–Crippen LogP) is 5.77. The molecule has 254 valence electrons. The van der Waals surface area contributed by atoms with Crippen LogP contribution in [0.4, 0.5) is 23.2 Å². The van der Waals surface area contributed by atoms with Gasteiger partial charge in [-0.05, 0) is 43.3 Å². The van der Waals surface area contributed by atoms with Crippen molar-refractivity contribution in [2.24, 2.45) is 0 Å². The van der Waals surface area contributed by atoms with E-state index in [0.29, 0.717) is 41.8 Å². The van der Waals surface area contributed by atoms with Gasteiger partial charge in [-0.3, -0.25) is 14.4 Å². The Morgan fingerprint density at radius 3 is 2.66 bits per heavy atom. The summed E-state index contributed by atoms with van der Waals surface area (Å²) in [5, 5.41) is 14.7. The molecule has 4 atom stereocenters. The van der Waals surface area contributed by atoms with Gasteiger partial charge in [-0.25, -0.2) is 4.39 Å². The molecular formula is C31H37F4N7O4S. The van der Waals surface area contributed by atoms with E-state index in [-0.39, 0.29) is 58.3 Å². The van der Waals surface area contributed by atoms with E-state index in [0.717, 1.165) is 17.8 Å². The van der Waals surface area contributed by atoms with Crippen LogP contribution in [0.1, 0.15) is 61.0 Å². The van der Waals surface area contributed by atoms with Gasteiger partial charge < -0.3 is 24.6 Å². The zero-order valence-electron chi connectivity index (χ0n) is 26.4. The van der Waals surface area contributed by atoms with Crippen LogP contribution in [0, 0.1) is 0 Å². The minimum atomic E-state index is -4.51. The number of nitrogens with zero attached hydrogens (tertiary/aromatic N) is 5. The fraction of sp³-hybridized carbons (Fsp3) is 0.548. The Hall–Kier alpha value is -3.76. The first kappa shape index (κ1) is 33.2. The lowest BCUT2D eigenvalue weighted by Crippen LogP contribution is -2.57. The van der Waals surface area contributed by atoms with Gasteiger partial charge in [0.25, 0.3) is 5.91 Å².